The third-order valence-corrected chi connectivity index (χ3v) is 5.86. The standard InChI is InChI=1S/C11H22ClNO3S/c1-10(8-12)9-17(15,16)13-6-3-2-4-11(13)5-7-14/h10-11,14H,2-9H2,1H3. The molecule has 1 aliphatic heterocycles. The van der Waals surface area contributed by atoms with Gasteiger partial charge < -0.3 is 5.11 Å². The Labute approximate surface area is 109 Å². The van der Waals surface area contributed by atoms with E-state index >= 15 is 0 Å². The zero-order valence-corrected chi connectivity index (χ0v) is 11.9. The van der Waals surface area contributed by atoms with Gasteiger partial charge >= 0.3 is 0 Å². The van der Waals surface area contributed by atoms with Crippen molar-refractivity contribution in [2.24, 2.45) is 5.92 Å². The van der Waals surface area contributed by atoms with Crippen molar-refractivity contribution in [3.05, 3.63) is 0 Å². The fourth-order valence-electron chi connectivity index (χ4n) is 2.28. The van der Waals surface area contributed by atoms with Crippen LogP contribution in [0.25, 0.3) is 0 Å². The van der Waals surface area contributed by atoms with Gasteiger partial charge in [0.2, 0.25) is 10.0 Å². The molecule has 2 atom stereocenters. The number of hydrogen-bond donors (Lipinski definition) is 1. The molecule has 0 saturated carbocycles. The molecule has 2 unspecified atom stereocenters. The van der Waals surface area contributed by atoms with E-state index in [2.05, 4.69) is 0 Å². The minimum absolute atomic E-state index is 0.0266. The summed E-state index contributed by atoms with van der Waals surface area (Å²) >= 11 is 5.67. The van der Waals surface area contributed by atoms with Crippen LogP contribution in [0.3, 0.4) is 0 Å². The molecule has 0 aliphatic carbocycles. The zero-order chi connectivity index (χ0) is 12.9. The van der Waals surface area contributed by atoms with Crippen LogP contribution in [-0.4, -0.2) is 48.7 Å². The van der Waals surface area contributed by atoms with Crippen molar-refractivity contribution in [2.45, 2.75) is 38.6 Å². The Morgan fingerprint density at radius 1 is 1.47 bits per heavy atom. The summed E-state index contributed by atoms with van der Waals surface area (Å²) in [6.07, 6.45) is 3.35. The number of aliphatic hydroxyl groups excluding tert-OH is 1. The molecular weight excluding hydrogens is 262 g/mol. The van der Waals surface area contributed by atoms with Gasteiger partial charge in [-0.25, -0.2) is 8.42 Å². The molecule has 0 aromatic heterocycles. The maximum atomic E-state index is 12.2. The maximum absolute atomic E-state index is 12.2. The lowest BCUT2D eigenvalue weighted by Crippen LogP contribution is -2.46. The van der Waals surface area contributed by atoms with Gasteiger partial charge in [0.1, 0.15) is 0 Å². The van der Waals surface area contributed by atoms with Gasteiger partial charge in [-0.3, -0.25) is 0 Å². The number of alkyl halides is 1. The third kappa shape index (κ3) is 4.39. The van der Waals surface area contributed by atoms with Crippen molar-refractivity contribution in [3.63, 3.8) is 0 Å². The highest BCUT2D eigenvalue weighted by Gasteiger charge is 2.32. The summed E-state index contributed by atoms with van der Waals surface area (Å²) in [5.74, 6) is 0.439. The molecule has 102 valence electrons. The molecule has 0 radical (unpaired) electrons. The number of sulfonamides is 1. The van der Waals surface area contributed by atoms with Crippen molar-refractivity contribution >= 4 is 21.6 Å². The Morgan fingerprint density at radius 2 is 2.18 bits per heavy atom. The Kier molecular flexibility index (Phi) is 6.20. The number of halogens is 1. The van der Waals surface area contributed by atoms with Gasteiger partial charge in [0.15, 0.2) is 0 Å². The van der Waals surface area contributed by atoms with Crippen LogP contribution in [0.15, 0.2) is 0 Å². The second-order valence-corrected chi connectivity index (χ2v) is 7.09. The van der Waals surface area contributed by atoms with Crippen molar-refractivity contribution in [3.8, 4) is 0 Å². The van der Waals surface area contributed by atoms with Crippen LogP contribution in [0.1, 0.15) is 32.6 Å². The van der Waals surface area contributed by atoms with E-state index in [1.807, 2.05) is 6.92 Å². The minimum atomic E-state index is -3.23. The largest absolute Gasteiger partial charge is 0.396 e. The second-order valence-electron chi connectivity index (χ2n) is 4.81. The van der Waals surface area contributed by atoms with Crippen LogP contribution in [0.5, 0.6) is 0 Å². The highest BCUT2D eigenvalue weighted by molar-refractivity contribution is 7.89. The molecule has 1 saturated heterocycles. The number of rotatable bonds is 6. The summed E-state index contributed by atoms with van der Waals surface area (Å²) in [5, 5.41) is 8.99. The van der Waals surface area contributed by atoms with Crippen LogP contribution in [0, 0.1) is 5.92 Å². The maximum Gasteiger partial charge on any atom is 0.214 e. The minimum Gasteiger partial charge on any atom is -0.396 e. The average molecular weight is 284 g/mol. The van der Waals surface area contributed by atoms with Gasteiger partial charge in [0, 0.05) is 25.1 Å². The van der Waals surface area contributed by atoms with E-state index in [4.69, 9.17) is 16.7 Å². The number of piperidine rings is 1. The van der Waals surface area contributed by atoms with Crippen molar-refractivity contribution < 1.29 is 13.5 Å². The molecule has 0 spiro atoms. The summed E-state index contributed by atoms with van der Waals surface area (Å²) < 4.78 is 26.0. The molecule has 1 rings (SSSR count). The molecule has 6 heteroatoms. The molecule has 4 nitrogen and oxygen atoms in total. The summed E-state index contributed by atoms with van der Waals surface area (Å²) in [6.45, 7) is 2.47. The van der Waals surface area contributed by atoms with E-state index < -0.39 is 10.0 Å². The average Bonchev–Trinajstić information content (AvgIpc) is 2.29. The Balaban J connectivity index is 2.72. The first-order valence-corrected chi connectivity index (χ1v) is 8.32. The predicted molar refractivity (Wildman–Crippen MR) is 69.7 cm³/mol. The van der Waals surface area contributed by atoms with Gasteiger partial charge in [-0.2, -0.15) is 4.31 Å². The number of aliphatic hydroxyl groups is 1. The van der Waals surface area contributed by atoms with E-state index in [1.165, 1.54) is 0 Å². The molecule has 0 bridgehead atoms. The second kappa shape index (κ2) is 6.92. The van der Waals surface area contributed by atoms with Crippen LogP contribution >= 0.6 is 11.6 Å². The van der Waals surface area contributed by atoms with Crippen LogP contribution in [-0.2, 0) is 10.0 Å². The van der Waals surface area contributed by atoms with Crippen molar-refractivity contribution in [1.29, 1.82) is 0 Å². The van der Waals surface area contributed by atoms with E-state index in [-0.39, 0.29) is 24.3 Å². The predicted octanol–water partition coefficient (Wildman–Crippen LogP) is 1.43. The van der Waals surface area contributed by atoms with Gasteiger partial charge in [0.25, 0.3) is 0 Å². The molecule has 0 aromatic rings. The first-order valence-electron chi connectivity index (χ1n) is 6.17. The SMILES string of the molecule is CC(CCl)CS(=O)(=O)N1CCCCC1CCO. The Bertz CT molecular complexity index is 319. The fourth-order valence-corrected chi connectivity index (χ4v) is 4.62. The molecule has 1 aliphatic rings. The summed E-state index contributed by atoms with van der Waals surface area (Å²) in [4.78, 5) is 0. The number of hydrogen-bond acceptors (Lipinski definition) is 3. The van der Waals surface area contributed by atoms with E-state index in [9.17, 15) is 8.42 Å². The molecule has 1 N–H and O–H groups in total. The highest BCUT2D eigenvalue weighted by atomic mass is 35.5. The van der Waals surface area contributed by atoms with Gasteiger partial charge in [-0.15, -0.1) is 11.6 Å². The lowest BCUT2D eigenvalue weighted by molar-refractivity contribution is 0.192. The summed E-state index contributed by atoms with van der Waals surface area (Å²) in [6, 6.07) is -0.0266. The molecule has 0 aromatic carbocycles. The monoisotopic (exact) mass is 283 g/mol. The zero-order valence-electron chi connectivity index (χ0n) is 10.3. The van der Waals surface area contributed by atoms with Gasteiger partial charge in [-0.05, 0) is 25.2 Å². The van der Waals surface area contributed by atoms with Gasteiger partial charge in [-0.1, -0.05) is 13.3 Å². The van der Waals surface area contributed by atoms with Gasteiger partial charge in [0.05, 0.1) is 5.75 Å². The third-order valence-electron chi connectivity index (χ3n) is 3.15. The van der Waals surface area contributed by atoms with Crippen molar-refractivity contribution in [1.82, 2.24) is 4.31 Å². The lowest BCUT2D eigenvalue weighted by Gasteiger charge is -2.35. The molecule has 0 amide bonds. The lowest BCUT2D eigenvalue weighted by atomic mass is 10.0. The summed E-state index contributed by atoms with van der Waals surface area (Å²) in [5.41, 5.74) is 0. The highest BCUT2D eigenvalue weighted by Crippen LogP contribution is 2.24. The van der Waals surface area contributed by atoms with Crippen LogP contribution in [0.4, 0.5) is 0 Å². The molecule has 1 fully saturated rings. The molecular formula is C11H22ClNO3S. The van der Waals surface area contributed by atoms with E-state index in [0.29, 0.717) is 18.8 Å². The van der Waals surface area contributed by atoms with Crippen molar-refractivity contribution in [2.75, 3.05) is 24.8 Å². The Hall–Kier alpha value is 0.160. The van der Waals surface area contributed by atoms with Crippen LogP contribution in [0.2, 0.25) is 0 Å². The Morgan fingerprint density at radius 3 is 2.76 bits per heavy atom. The van der Waals surface area contributed by atoms with E-state index in [0.717, 1.165) is 19.3 Å². The smallest absolute Gasteiger partial charge is 0.214 e. The normalized spacial score (nSPS) is 24.8. The molecule has 1 heterocycles. The molecule has 17 heavy (non-hydrogen) atoms. The topological polar surface area (TPSA) is 57.6 Å². The first kappa shape index (κ1) is 15.2. The number of nitrogens with zero attached hydrogens (tertiary/aromatic N) is 1. The van der Waals surface area contributed by atoms with Crippen LogP contribution < -0.4 is 0 Å². The fraction of sp³-hybridized carbons (Fsp3) is 1.00. The van der Waals surface area contributed by atoms with E-state index in [1.54, 1.807) is 4.31 Å². The summed E-state index contributed by atoms with van der Waals surface area (Å²) in [7, 11) is -3.23. The quantitative estimate of drug-likeness (QED) is 0.750. The first-order chi connectivity index (χ1) is 8.01.